The normalized spacial score (nSPS) is 28.4. The van der Waals surface area contributed by atoms with Gasteiger partial charge >= 0.3 is 0 Å². The molecule has 0 spiro atoms. The van der Waals surface area contributed by atoms with Crippen LogP contribution in [-0.2, 0) is 19.1 Å². The number of ether oxygens (including phenoxy) is 1. The monoisotopic (exact) mass is 271 g/mol. The number of hydrogen-bond acceptors (Lipinski definition) is 6. The van der Waals surface area contributed by atoms with Crippen LogP contribution in [0, 0.1) is 5.92 Å². The van der Waals surface area contributed by atoms with Gasteiger partial charge in [0.15, 0.2) is 11.4 Å². The Labute approximate surface area is 111 Å². The van der Waals surface area contributed by atoms with Crippen molar-refractivity contribution in [2.75, 3.05) is 6.54 Å². The standard InChI is InChI=1S/C12H21N3O4/c13-6-8-1-3-12(4-2-8,19-7-16)11(18)9(14)5-10(15)17/h7-9H,1-6,13-14H2,(H2,15,17)/t8?,9-,12?/m0/s1. The van der Waals surface area contributed by atoms with Gasteiger partial charge in [0.25, 0.3) is 6.47 Å². The van der Waals surface area contributed by atoms with Gasteiger partial charge in [0, 0.05) is 6.42 Å². The fourth-order valence-electron chi connectivity index (χ4n) is 2.54. The lowest BCUT2D eigenvalue weighted by atomic mass is 9.74. The lowest BCUT2D eigenvalue weighted by Gasteiger charge is -2.38. The third kappa shape index (κ3) is 3.74. The fraction of sp³-hybridized carbons (Fsp3) is 0.750. The molecule has 0 radical (unpaired) electrons. The molecule has 0 aromatic heterocycles. The summed E-state index contributed by atoms with van der Waals surface area (Å²) in [5, 5.41) is 0. The van der Waals surface area contributed by atoms with E-state index in [0.717, 1.165) is 0 Å². The van der Waals surface area contributed by atoms with Crippen LogP contribution < -0.4 is 17.2 Å². The molecule has 0 aliphatic heterocycles. The highest BCUT2D eigenvalue weighted by atomic mass is 16.5. The number of carbonyl (C=O) groups is 3. The summed E-state index contributed by atoms with van der Waals surface area (Å²) in [5.74, 6) is -0.768. The summed E-state index contributed by atoms with van der Waals surface area (Å²) in [7, 11) is 0. The second-order valence-corrected chi connectivity index (χ2v) is 5.03. The highest BCUT2D eigenvalue weighted by molar-refractivity contribution is 5.95. The van der Waals surface area contributed by atoms with E-state index >= 15 is 0 Å². The zero-order chi connectivity index (χ0) is 14.5. The van der Waals surface area contributed by atoms with E-state index < -0.39 is 23.3 Å². The van der Waals surface area contributed by atoms with E-state index in [1.54, 1.807) is 0 Å². The van der Waals surface area contributed by atoms with Gasteiger partial charge in [0.05, 0.1) is 6.04 Å². The average molecular weight is 271 g/mol. The topological polar surface area (TPSA) is 138 Å². The highest BCUT2D eigenvalue weighted by Gasteiger charge is 2.45. The summed E-state index contributed by atoms with van der Waals surface area (Å²) < 4.78 is 5.02. The van der Waals surface area contributed by atoms with E-state index in [2.05, 4.69) is 0 Å². The van der Waals surface area contributed by atoms with Gasteiger partial charge in [-0.15, -0.1) is 0 Å². The number of amides is 1. The van der Waals surface area contributed by atoms with Gasteiger partial charge in [-0.3, -0.25) is 14.4 Å². The number of primary amides is 1. The predicted molar refractivity (Wildman–Crippen MR) is 67.7 cm³/mol. The number of Topliss-reactive ketones (excluding diaryl/α,β-unsaturated/α-hetero) is 1. The van der Waals surface area contributed by atoms with Gasteiger partial charge in [-0.1, -0.05) is 0 Å². The average Bonchev–Trinajstić information content (AvgIpc) is 2.38. The van der Waals surface area contributed by atoms with E-state index in [-0.39, 0.29) is 12.9 Å². The lowest BCUT2D eigenvalue weighted by Crippen LogP contribution is -2.53. The van der Waals surface area contributed by atoms with Crippen molar-refractivity contribution in [3.05, 3.63) is 0 Å². The van der Waals surface area contributed by atoms with Crippen molar-refractivity contribution in [2.24, 2.45) is 23.1 Å². The molecule has 19 heavy (non-hydrogen) atoms. The third-order valence-electron chi connectivity index (χ3n) is 3.73. The molecule has 7 nitrogen and oxygen atoms in total. The van der Waals surface area contributed by atoms with E-state index in [9.17, 15) is 14.4 Å². The molecule has 0 saturated heterocycles. The van der Waals surface area contributed by atoms with Crippen LogP contribution in [0.4, 0.5) is 0 Å². The third-order valence-corrected chi connectivity index (χ3v) is 3.73. The summed E-state index contributed by atoms with van der Waals surface area (Å²) in [5.41, 5.74) is 15.1. The Morgan fingerprint density at radius 3 is 2.37 bits per heavy atom. The zero-order valence-electron chi connectivity index (χ0n) is 10.8. The minimum Gasteiger partial charge on any atom is -0.453 e. The largest absolute Gasteiger partial charge is 0.453 e. The van der Waals surface area contributed by atoms with Crippen LogP contribution >= 0.6 is 0 Å². The maximum Gasteiger partial charge on any atom is 0.294 e. The Bertz CT molecular complexity index is 351. The van der Waals surface area contributed by atoms with Gasteiger partial charge in [-0.05, 0) is 38.1 Å². The molecule has 1 saturated carbocycles. The van der Waals surface area contributed by atoms with Crippen molar-refractivity contribution < 1.29 is 19.1 Å². The molecule has 1 aliphatic carbocycles. The molecular formula is C12H21N3O4. The van der Waals surface area contributed by atoms with Gasteiger partial charge in [0.2, 0.25) is 5.91 Å². The van der Waals surface area contributed by atoms with Crippen molar-refractivity contribution in [1.29, 1.82) is 0 Å². The summed E-state index contributed by atoms with van der Waals surface area (Å²) >= 11 is 0. The van der Waals surface area contributed by atoms with Crippen LogP contribution in [0.5, 0.6) is 0 Å². The summed E-state index contributed by atoms with van der Waals surface area (Å²) in [4.78, 5) is 33.8. The molecule has 0 unspecified atom stereocenters. The van der Waals surface area contributed by atoms with Crippen molar-refractivity contribution >= 4 is 18.2 Å². The number of nitrogens with two attached hydrogens (primary N) is 3. The molecule has 1 aliphatic rings. The lowest BCUT2D eigenvalue weighted by molar-refractivity contribution is -0.162. The van der Waals surface area contributed by atoms with E-state index in [1.165, 1.54) is 0 Å². The fourth-order valence-corrected chi connectivity index (χ4v) is 2.54. The molecule has 1 fully saturated rings. The Kier molecular flexibility index (Phi) is 5.44. The minimum atomic E-state index is -1.22. The summed E-state index contributed by atoms with van der Waals surface area (Å²) in [6.07, 6.45) is 1.92. The van der Waals surface area contributed by atoms with Crippen LogP contribution in [-0.4, -0.2) is 36.4 Å². The molecule has 1 amide bonds. The first-order valence-electron chi connectivity index (χ1n) is 6.35. The second-order valence-electron chi connectivity index (χ2n) is 5.03. The van der Waals surface area contributed by atoms with Crippen LogP contribution in [0.15, 0.2) is 0 Å². The summed E-state index contributed by atoms with van der Waals surface area (Å²) in [6.45, 7) is 0.802. The predicted octanol–water partition coefficient (Wildman–Crippen LogP) is -1.18. The van der Waals surface area contributed by atoms with E-state index in [0.29, 0.717) is 38.1 Å². The molecule has 0 aromatic carbocycles. The van der Waals surface area contributed by atoms with Crippen LogP contribution in [0.25, 0.3) is 0 Å². The number of rotatable bonds is 7. The molecule has 0 bridgehead atoms. The van der Waals surface area contributed by atoms with Gasteiger partial charge in [0.1, 0.15) is 0 Å². The second kappa shape index (κ2) is 6.63. The maximum absolute atomic E-state index is 12.3. The van der Waals surface area contributed by atoms with Crippen molar-refractivity contribution in [1.82, 2.24) is 0 Å². The van der Waals surface area contributed by atoms with Gasteiger partial charge in [-0.25, -0.2) is 0 Å². The molecule has 108 valence electrons. The maximum atomic E-state index is 12.3. The quantitative estimate of drug-likeness (QED) is 0.498. The molecule has 6 N–H and O–H groups in total. The zero-order valence-corrected chi connectivity index (χ0v) is 10.8. The number of hydrogen-bond donors (Lipinski definition) is 3. The first-order valence-corrected chi connectivity index (χ1v) is 6.35. The highest BCUT2D eigenvalue weighted by Crippen LogP contribution is 2.35. The van der Waals surface area contributed by atoms with Crippen molar-refractivity contribution in [2.45, 2.75) is 43.7 Å². The Balaban J connectivity index is 2.79. The van der Waals surface area contributed by atoms with Crippen LogP contribution in [0.1, 0.15) is 32.1 Å². The molecule has 1 atom stereocenters. The van der Waals surface area contributed by atoms with E-state index in [4.69, 9.17) is 21.9 Å². The Morgan fingerprint density at radius 1 is 1.37 bits per heavy atom. The van der Waals surface area contributed by atoms with Crippen molar-refractivity contribution in [3.63, 3.8) is 0 Å². The smallest absolute Gasteiger partial charge is 0.294 e. The SMILES string of the molecule is NCC1CCC(OC=O)(C(=O)[C@@H](N)CC(N)=O)CC1. The first kappa shape index (κ1) is 15.6. The number of carbonyl (C=O) groups excluding carboxylic acids is 3. The summed E-state index contributed by atoms with van der Waals surface area (Å²) in [6, 6.07) is -1.04. The minimum absolute atomic E-state index is 0.247. The van der Waals surface area contributed by atoms with Gasteiger partial charge < -0.3 is 21.9 Å². The Morgan fingerprint density at radius 2 is 1.95 bits per heavy atom. The molecule has 1 rings (SSSR count). The number of ketones is 1. The molecule has 0 heterocycles. The molecule has 7 heteroatoms. The van der Waals surface area contributed by atoms with Crippen LogP contribution in [0.3, 0.4) is 0 Å². The first-order chi connectivity index (χ1) is 8.95. The molecular weight excluding hydrogens is 250 g/mol. The van der Waals surface area contributed by atoms with Crippen molar-refractivity contribution in [3.8, 4) is 0 Å². The van der Waals surface area contributed by atoms with Gasteiger partial charge in [-0.2, -0.15) is 0 Å². The van der Waals surface area contributed by atoms with Crippen LogP contribution in [0.2, 0.25) is 0 Å². The Hall–Kier alpha value is -1.47. The molecule has 0 aromatic rings. The van der Waals surface area contributed by atoms with E-state index in [1.807, 2.05) is 0 Å².